The lowest BCUT2D eigenvalue weighted by molar-refractivity contribution is 0.214. The summed E-state index contributed by atoms with van der Waals surface area (Å²) in [6, 6.07) is 10.5. The van der Waals surface area contributed by atoms with Crippen molar-refractivity contribution < 1.29 is 5.11 Å². The number of unbranched alkanes of at least 4 members (excludes halogenated alkanes) is 4. The summed E-state index contributed by atoms with van der Waals surface area (Å²) in [6.07, 6.45) is 8.76. The normalized spacial score (nSPS) is 12.6. The molecule has 0 saturated carbocycles. The van der Waals surface area contributed by atoms with Crippen molar-refractivity contribution in [2.75, 3.05) is 6.61 Å². The minimum atomic E-state index is 0.322. The number of aliphatic hydroxyl groups excluding tert-OH is 1. The van der Waals surface area contributed by atoms with Gasteiger partial charge in [0.1, 0.15) is 0 Å². The monoisotopic (exact) mass is 234 g/mol. The Morgan fingerprint density at radius 2 is 1.71 bits per heavy atom. The second-order valence-electron chi connectivity index (χ2n) is 4.94. The van der Waals surface area contributed by atoms with Gasteiger partial charge in [-0.05, 0) is 24.3 Å². The Bertz CT molecular complexity index is 268. The smallest absolute Gasteiger partial charge is 0.0462 e. The Morgan fingerprint density at radius 1 is 1.00 bits per heavy atom. The molecule has 0 radical (unpaired) electrons. The van der Waals surface area contributed by atoms with Gasteiger partial charge in [-0.1, -0.05) is 69.4 Å². The fourth-order valence-corrected chi connectivity index (χ4v) is 2.24. The molecule has 96 valence electrons. The average molecular weight is 234 g/mol. The topological polar surface area (TPSA) is 20.2 Å². The van der Waals surface area contributed by atoms with Crippen LogP contribution in [0, 0.1) is 5.92 Å². The van der Waals surface area contributed by atoms with E-state index >= 15 is 0 Å². The Hall–Kier alpha value is -0.820. The lowest BCUT2D eigenvalue weighted by atomic mass is 9.94. The van der Waals surface area contributed by atoms with E-state index in [0.29, 0.717) is 12.5 Å². The van der Waals surface area contributed by atoms with Gasteiger partial charge in [-0.2, -0.15) is 0 Å². The number of hydrogen-bond donors (Lipinski definition) is 1. The van der Waals surface area contributed by atoms with Crippen LogP contribution in [-0.2, 0) is 6.42 Å². The Labute approximate surface area is 106 Å². The van der Waals surface area contributed by atoms with Crippen LogP contribution in [0.2, 0.25) is 0 Å². The van der Waals surface area contributed by atoms with Gasteiger partial charge in [-0.3, -0.25) is 0 Å². The zero-order chi connectivity index (χ0) is 12.3. The molecule has 1 aromatic rings. The van der Waals surface area contributed by atoms with Crippen molar-refractivity contribution in [3.05, 3.63) is 35.9 Å². The molecule has 0 aliphatic carbocycles. The first-order valence-electron chi connectivity index (χ1n) is 7.01. The second-order valence-corrected chi connectivity index (χ2v) is 4.94. The molecule has 1 nitrogen and oxygen atoms in total. The highest BCUT2D eigenvalue weighted by Gasteiger charge is 2.07. The highest BCUT2D eigenvalue weighted by atomic mass is 16.3. The number of aliphatic hydroxyl groups is 1. The minimum absolute atomic E-state index is 0.322. The lowest BCUT2D eigenvalue weighted by Gasteiger charge is -2.13. The molecular formula is C16H26O. The van der Waals surface area contributed by atoms with Crippen LogP contribution >= 0.6 is 0 Å². The van der Waals surface area contributed by atoms with Crippen molar-refractivity contribution in [2.45, 2.75) is 51.9 Å². The highest BCUT2D eigenvalue weighted by Crippen LogP contribution is 2.16. The third-order valence-electron chi connectivity index (χ3n) is 3.34. The van der Waals surface area contributed by atoms with Crippen LogP contribution in [0.5, 0.6) is 0 Å². The van der Waals surface area contributed by atoms with Crippen molar-refractivity contribution in [1.82, 2.24) is 0 Å². The van der Waals surface area contributed by atoms with Gasteiger partial charge in [0.15, 0.2) is 0 Å². The number of rotatable bonds is 9. The molecule has 1 atom stereocenters. The van der Waals surface area contributed by atoms with Crippen LogP contribution in [0.1, 0.15) is 51.0 Å². The lowest BCUT2D eigenvalue weighted by Crippen LogP contribution is -2.09. The van der Waals surface area contributed by atoms with E-state index in [1.807, 2.05) is 6.07 Å². The van der Waals surface area contributed by atoms with Gasteiger partial charge in [0, 0.05) is 6.61 Å². The van der Waals surface area contributed by atoms with Crippen molar-refractivity contribution in [2.24, 2.45) is 5.92 Å². The van der Waals surface area contributed by atoms with Crippen LogP contribution in [0.3, 0.4) is 0 Å². The van der Waals surface area contributed by atoms with E-state index in [1.165, 1.54) is 37.7 Å². The summed E-state index contributed by atoms with van der Waals surface area (Å²) >= 11 is 0. The molecule has 0 aliphatic rings. The van der Waals surface area contributed by atoms with E-state index < -0.39 is 0 Å². The summed E-state index contributed by atoms with van der Waals surface area (Å²) in [5.74, 6) is 0.444. The predicted octanol–water partition coefficient (Wildman–Crippen LogP) is 4.20. The molecule has 1 heteroatoms. The van der Waals surface area contributed by atoms with Gasteiger partial charge in [-0.15, -0.1) is 0 Å². The summed E-state index contributed by atoms with van der Waals surface area (Å²) in [7, 11) is 0. The molecule has 0 aromatic heterocycles. The average Bonchev–Trinajstić information content (AvgIpc) is 2.38. The van der Waals surface area contributed by atoms with Gasteiger partial charge in [0.2, 0.25) is 0 Å². The summed E-state index contributed by atoms with van der Waals surface area (Å²) in [5.41, 5.74) is 1.35. The number of benzene rings is 1. The van der Waals surface area contributed by atoms with Crippen molar-refractivity contribution in [3.63, 3.8) is 0 Å². The molecule has 0 fully saturated rings. The van der Waals surface area contributed by atoms with Crippen LogP contribution < -0.4 is 0 Å². The van der Waals surface area contributed by atoms with Crippen LogP contribution in [0.25, 0.3) is 0 Å². The molecule has 0 saturated heterocycles. The Balaban J connectivity index is 2.20. The van der Waals surface area contributed by atoms with Gasteiger partial charge in [-0.25, -0.2) is 0 Å². The largest absolute Gasteiger partial charge is 0.396 e. The molecule has 17 heavy (non-hydrogen) atoms. The maximum absolute atomic E-state index is 9.39. The molecule has 0 unspecified atom stereocenters. The van der Waals surface area contributed by atoms with Crippen molar-refractivity contribution >= 4 is 0 Å². The molecular weight excluding hydrogens is 208 g/mol. The molecule has 1 aromatic carbocycles. The zero-order valence-electron chi connectivity index (χ0n) is 11.1. The fourth-order valence-electron chi connectivity index (χ4n) is 2.24. The molecule has 0 amide bonds. The van der Waals surface area contributed by atoms with Gasteiger partial charge >= 0.3 is 0 Å². The molecule has 0 spiro atoms. The van der Waals surface area contributed by atoms with Gasteiger partial charge in [0.25, 0.3) is 0 Å². The first kappa shape index (κ1) is 14.2. The van der Waals surface area contributed by atoms with Crippen molar-refractivity contribution in [3.8, 4) is 0 Å². The fraction of sp³-hybridized carbons (Fsp3) is 0.625. The van der Waals surface area contributed by atoms with Crippen molar-refractivity contribution in [1.29, 1.82) is 0 Å². The highest BCUT2D eigenvalue weighted by molar-refractivity contribution is 5.15. The van der Waals surface area contributed by atoms with E-state index in [0.717, 1.165) is 12.8 Å². The predicted molar refractivity (Wildman–Crippen MR) is 74.1 cm³/mol. The van der Waals surface area contributed by atoms with Crippen LogP contribution in [0.4, 0.5) is 0 Å². The maximum Gasteiger partial charge on any atom is 0.0462 e. The molecule has 1 N–H and O–H groups in total. The second kappa shape index (κ2) is 9.23. The summed E-state index contributed by atoms with van der Waals surface area (Å²) < 4.78 is 0. The first-order chi connectivity index (χ1) is 8.36. The van der Waals surface area contributed by atoms with Crippen LogP contribution in [-0.4, -0.2) is 11.7 Å². The van der Waals surface area contributed by atoms with E-state index in [-0.39, 0.29) is 0 Å². The standard InChI is InChI=1S/C16H26O/c1-2-3-4-5-7-12-16(14-17)13-15-10-8-6-9-11-15/h6,8-11,16-17H,2-5,7,12-14H2,1H3/t16-/m1/s1. The van der Waals surface area contributed by atoms with Crippen LogP contribution in [0.15, 0.2) is 30.3 Å². The van der Waals surface area contributed by atoms with E-state index in [1.54, 1.807) is 0 Å². The molecule has 0 aliphatic heterocycles. The quantitative estimate of drug-likeness (QED) is 0.635. The van der Waals surface area contributed by atoms with Gasteiger partial charge in [0.05, 0.1) is 0 Å². The molecule has 0 bridgehead atoms. The molecule has 0 heterocycles. The zero-order valence-corrected chi connectivity index (χ0v) is 11.1. The van der Waals surface area contributed by atoms with Gasteiger partial charge < -0.3 is 5.11 Å². The third-order valence-corrected chi connectivity index (χ3v) is 3.34. The maximum atomic E-state index is 9.39. The Morgan fingerprint density at radius 3 is 2.35 bits per heavy atom. The minimum Gasteiger partial charge on any atom is -0.396 e. The molecule has 1 rings (SSSR count). The number of hydrogen-bond acceptors (Lipinski definition) is 1. The van der Waals surface area contributed by atoms with E-state index in [4.69, 9.17) is 0 Å². The Kier molecular flexibility index (Phi) is 7.74. The summed E-state index contributed by atoms with van der Waals surface area (Å²) in [4.78, 5) is 0. The third kappa shape index (κ3) is 6.48. The van der Waals surface area contributed by atoms with E-state index in [9.17, 15) is 5.11 Å². The summed E-state index contributed by atoms with van der Waals surface area (Å²) in [5, 5.41) is 9.39. The summed E-state index contributed by atoms with van der Waals surface area (Å²) in [6.45, 7) is 2.56. The SMILES string of the molecule is CCCCCCC[C@@H](CO)Cc1ccccc1. The first-order valence-corrected chi connectivity index (χ1v) is 7.01. The van der Waals surface area contributed by atoms with E-state index in [2.05, 4.69) is 31.2 Å².